The van der Waals surface area contributed by atoms with Gasteiger partial charge in [-0.25, -0.2) is 4.98 Å². The molecule has 0 aliphatic heterocycles. The summed E-state index contributed by atoms with van der Waals surface area (Å²) in [6, 6.07) is 8.52. The predicted molar refractivity (Wildman–Crippen MR) is 126 cm³/mol. The zero-order chi connectivity index (χ0) is 21.6. The van der Waals surface area contributed by atoms with Gasteiger partial charge in [-0.05, 0) is 93.1 Å². The molecule has 1 amide bonds. The molecule has 2 aromatic rings. The van der Waals surface area contributed by atoms with Crippen LogP contribution in [0.4, 0.5) is 0 Å². The fourth-order valence-corrected chi connectivity index (χ4v) is 8.37. The molecule has 0 spiro atoms. The third-order valence-electron chi connectivity index (χ3n) is 7.73. The summed E-state index contributed by atoms with van der Waals surface area (Å²) in [4.78, 5) is 18.5. The summed E-state index contributed by atoms with van der Waals surface area (Å²) in [6.07, 6.45) is 8.11. The Morgan fingerprint density at radius 2 is 2.00 bits per heavy atom. The molecule has 0 saturated heterocycles. The number of amides is 1. The van der Waals surface area contributed by atoms with Gasteiger partial charge in [0, 0.05) is 22.2 Å². The summed E-state index contributed by atoms with van der Waals surface area (Å²) in [6.45, 7) is 4.16. The quantitative estimate of drug-likeness (QED) is 0.563. The van der Waals surface area contributed by atoms with Gasteiger partial charge in [0.1, 0.15) is 11.1 Å². The second kappa shape index (κ2) is 8.26. The third kappa shape index (κ3) is 4.03. The number of hydrogen-bond acceptors (Lipinski definition) is 5. The fourth-order valence-electron chi connectivity index (χ4n) is 6.76. The van der Waals surface area contributed by atoms with E-state index >= 15 is 0 Å². The highest BCUT2D eigenvalue weighted by atomic mass is 32.2. The van der Waals surface area contributed by atoms with Crippen LogP contribution < -0.4 is 5.32 Å². The van der Waals surface area contributed by atoms with Gasteiger partial charge >= 0.3 is 0 Å². The van der Waals surface area contributed by atoms with Crippen molar-refractivity contribution in [3.05, 3.63) is 34.8 Å². The van der Waals surface area contributed by atoms with E-state index in [1.54, 1.807) is 11.3 Å². The topological polar surface area (TPSA) is 65.8 Å². The Bertz CT molecular complexity index is 989. The molecule has 4 aliphatic rings. The van der Waals surface area contributed by atoms with Crippen LogP contribution in [0, 0.1) is 41.4 Å². The van der Waals surface area contributed by atoms with Crippen molar-refractivity contribution in [1.29, 1.82) is 5.26 Å². The molecule has 4 saturated carbocycles. The molecule has 162 valence electrons. The van der Waals surface area contributed by atoms with E-state index in [2.05, 4.69) is 23.3 Å². The average molecular weight is 452 g/mol. The van der Waals surface area contributed by atoms with Crippen molar-refractivity contribution < 1.29 is 4.79 Å². The molecule has 4 aliphatic carbocycles. The maximum Gasteiger partial charge on any atom is 0.230 e. The smallest absolute Gasteiger partial charge is 0.230 e. The summed E-state index contributed by atoms with van der Waals surface area (Å²) in [5.74, 6) is 2.99. The maximum absolute atomic E-state index is 12.9. The van der Waals surface area contributed by atoms with E-state index in [1.165, 1.54) is 50.3 Å². The number of thioether (sulfide) groups is 1. The first-order valence-corrected chi connectivity index (χ1v) is 13.2. The Labute approximate surface area is 192 Å². The lowest BCUT2D eigenvalue weighted by Gasteiger charge is -2.59. The van der Waals surface area contributed by atoms with Crippen LogP contribution in [0.25, 0.3) is 10.4 Å². The lowest BCUT2D eigenvalue weighted by Crippen LogP contribution is -2.56. The van der Waals surface area contributed by atoms with Crippen molar-refractivity contribution in [3.63, 3.8) is 0 Å². The van der Waals surface area contributed by atoms with Gasteiger partial charge in [-0.2, -0.15) is 5.26 Å². The number of nitriles is 1. The fraction of sp³-hybridized carbons (Fsp3) is 0.560. The number of nitrogens with one attached hydrogen (secondary N) is 1. The van der Waals surface area contributed by atoms with Crippen molar-refractivity contribution in [1.82, 2.24) is 10.3 Å². The highest BCUT2D eigenvalue weighted by Crippen LogP contribution is 2.61. The molecule has 4 nitrogen and oxygen atoms in total. The van der Waals surface area contributed by atoms with E-state index in [9.17, 15) is 10.1 Å². The molecule has 0 radical (unpaired) electrons. The van der Waals surface area contributed by atoms with E-state index in [1.807, 2.05) is 30.5 Å². The van der Waals surface area contributed by atoms with E-state index in [4.69, 9.17) is 0 Å². The summed E-state index contributed by atoms with van der Waals surface area (Å²) in [5.41, 5.74) is 2.66. The maximum atomic E-state index is 12.9. The molecule has 4 fully saturated rings. The molecule has 0 unspecified atom stereocenters. The second-order valence-electron chi connectivity index (χ2n) is 9.94. The lowest BCUT2D eigenvalue weighted by atomic mass is 9.48. The van der Waals surface area contributed by atoms with Crippen LogP contribution in [-0.4, -0.2) is 22.7 Å². The first kappa shape index (κ1) is 21.0. The van der Waals surface area contributed by atoms with Crippen LogP contribution in [-0.2, 0) is 4.79 Å². The standard InChI is InChI=1S/C25H29N3OS2/c1-15-6-20(22-4-3-5-30-22)21(13-26)24(27-15)31-14-23(29)28-16(2)25-10-17-7-18(11-25)9-19(8-17)12-25/h3-6,16-19H,7-12,14H2,1-2H3,(H,28,29)/t16-,17?,18?,19?,25?/m1/s1. The van der Waals surface area contributed by atoms with Crippen LogP contribution in [0.3, 0.4) is 0 Å². The zero-order valence-electron chi connectivity index (χ0n) is 18.2. The molecule has 2 heterocycles. The molecule has 4 bridgehead atoms. The van der Waals surface area contributed by atoms with E-state index in [-0.39, 0.29) is 11.9 Å². The zero-order valence-corrected chi connectivity index (χ0v) is 19.8. The van der Waals surface area contributed by atoms with Gasteiger partial charge in [0.25, 0.3) is 0 Å². The van der Waals surface area contributed by atoms with E-state index in [0.29, 0.717) is 21.8 Å². The summed E-state index contributed by atoms with van der Waals surface area (Å²) < 4.78 is 0. The average Bonchev–Trinajstić information content (AvgIpc) is 3.25. The Hall–Kier alpha value is -1.84. The van der Waals surface area contributed by atoms with E-state index in [0.717, 1.165) is 33.9 Å². The van der Waals surface area contributed by atoms with Crippen LogP contribution in [0.1, 0.15) is 56.7 Å². The number of thiophene rings is 1. The molecule has 6 heteroatoms. The van der Waals surface area contributed by atoms with Crippen molar-refractivity contribution in [2.75, 3.05) is 5.75 Å². The largest absolute Gasteiger partial charge is 0.352 e. The summed E-state index contributed by atoms with van der Waals surface area (Å²) >= 11 is 3.00. The molecule has 2 aromatic heterocycles. The minimum absolute atomic E-state index is 0.0538. The first-order chi connectivity index (χ1) is 15.0. The number of carbonyl (C=O) groups is 1. The number of hydrogen-bond donors (Lipinski definition) is 1. The van der Waals surface area contributed by atoms with Crippen LogP contribution in [0.2, 0.25) is 0 Å². The first-order valence-electron chi connectivity index (χ1n) is 11.3. The van der Waals surface area contributed by atoms with Gasteiger partial charge in [-0.1, -0.05) is 17.8 Å². The molecule has 0 aromatic carbocycles. The minimum atomic E-state index is 0.0538. The van der Waals surface area contributed by atoms with Gasteiger partial charge in [-0.15, -0.1) is 11.3 Å². The Balaban J connectivity index is 1.27. The lowest BCUT2D eigenvalue weighted by molar-refractivity contribution is -0.123. The molecule has 6 rings (SSSR count). The van der Waals surface area contributed by atoms with Crippen molar-refractivity contribution in [3.8, 4) is 16.5 Å². The number of nitrogens with zero attached hydrogens (tertiary/aromatic N) is 2. The Morgan fingerprint density at radius 1 is 1.32 bits per heavy atom. The van der Waals surface area contributed by atoms with Gasteiger partial charge in [0.15, 0.2) is 0 Å². The Kier molecular flexibility index (Phi) is 5.60. The molecule has 1 atom stereocenters. The number of carbonyl (C=O) groups excluding carboxylic acids is 1. The third-order valence-corrected chi connectivity index (χ3v) is 9.61. The molecular formula is C25H29N3OS2. The van der Waals surface area contributed by atoms with Crippen LogP contribution >= 0.6 is 23.1 Å². The normalized spacial score (nSPS) is 29.5. The van der Waals surface area contributed by atoms with Gasteiger partial charge in [0.2, 0.25) is 5.91 Å². The van der Waals surface area contributed by atoms with Gasteiger partial charge < -0.3 is 5.32 Å². The summed E-state index contributed by atoms with van der Waals surface area (Å²) in [7, 11) is 0. The van der Waals surface area contributed by atoms with Crippen molar-refractivity contribution in [2.45, 2.75) is 63.4 Å². The Morgan fingerprint density at radius 3 is 2.58 bits per heavy atom. The predicted octanol–water partition coefficient (Wildman–Crippen LogP) is 5.80. The van der Waals surface area contributed by atoms with Crippen molar-refractivity contribution in [2.24, 2.45) is 23.2 Å². The highest BCUT2D eigenvalue weighted by Gasteiger charge is 2.53. The monoisotopic (exact) mass is 451 g/mol. The number of aromatic nitrogens is 1. The number of pyridine rings is 1. The summed E-state index contributed by atoms with van der Waals surface area (Å²) in [5, 5.41) is 15.8. The van der Waals surface area contributed by atoms with E-state index < -0.39 is 0 Å². The minimum Gasteiger partial charge on any atom is -0.352 e. The SMILES string of the molecule is Cc1cc(-c2cccs2)c(C#N)c(SCC(=O)N[C@H](C)C23CC4CC(CC(C4)C2)C3)n1. The number of rotatable bonds is 6. The molecule has 31 heavy (non-hydrogen) atoms. The van der Waals surface area contributed by atoms with Crippen molar-refractivity contribution >= 4 is 29.0 Å². The molecule has 1 N–H and O–H groups in total. The number of aryl methyl sites for hydroxylation is 1. The van der Waals surface area contributed by atoms with Crippen LogP contribution in [0.5, 0.6) is 0 Å². The van der Waals surface area contributed by atoms with Crippen LogP contribution in [0.15, 0.2) is 28.6 Å². The molecular weight excluding hydrogens is 422 g/mol. The van der Waals surface area contributed by atoms with Gasteiger partial charge in [-0.3, -0.25) is 4.79 Å². The second-order valence-corrected chi connectivity index (χ2v) is 11.9. The van der Waals surface area contributed by atoms with Gasteiger partial charge in [0.05, 0.1) is 11.3 Å². The highest BCUT2D eigenvalue weighted by molar-refractivity contribution is 8.00.